The van der Waals surface area contributed by atoms with E-state index in [0.29, 0.717) is 18.0 Å². The number of likely N-dealkylation sites (tertiary alicyclic amines) is 1. The summed E-state index contributed by atoms with van der Waals surface area (Å²) in [5.74, 6) is 0.101. The zero-order valence-electron chi connectivity index (χ0n) is 11.3. The molecule has 0 saturated carbocycles. The second-order valence-corrected chi connectivity index (χ2v) is 5.25. The number of rotatable bonds is 3. The molecular weight excluding hydrogens is 241 g/mol. The van der Waals surface area contributed by atoms with Gasteiger partial charge in [-0.2, -0.15) is 5.26 Å². The molecule has 0 radical (unpaired) electrons. The molecule has 0 spiro atoms. The number of halogens is 1. The van der Waals surface area contributed by atoms with Crippen LogP contribution in [0.25, 0.3) is 0 Å². The van der Waals surface area contributed by atoms with E-state index >= 15 is 0 Å². The molecule has 102 valence electrons. The normalized spacial score (nSPS) is 24.1. The monoisotopic (exact) mass is 261 g/mol. The number of benzene rings is 1. The van der Waals surface area contributed by atoms with E-state index in [4.69, 9.17) is 11.0 Å². The maximum Gasteiger partial charge on any atom is 0.145 e. The van der Waals surface area contributed by atoms with Gasteiger partial charge in [0.2, 0.25) is 0 Å². The first-order valence-corrected chi connectivity index (χ1v) is 6.81. The van der Waals surface area contributed by atoms with Crippen LogP contribution in [-0.2, 0) is 6.54 Å². The summed E-state index contributed by atoms with van der Waals surface area (Å²) in [4.78, 5) is 2.23. The molecule has 1 aromatic rings. The van der Waals surface area contributed by atoms with Crippen LogP contribution in [0.5, 0.6) is 0 Å². The first-order chi connectivity index (χ1) is 9.15. The molecule has 0 bridgehead atoms. The lowest BCUT2D eigenvalue weighted by Gasteiger charge is -2.36. The SMILES string of the molecule is CCC1CN(Cc2cccc(C#N)c2F)CCC1N. The smallest absolute Gasteiger partial charge is 0.145 e. The lowest BCUT2D eigenvalue weighted by Crippen LogP contribution is -2.46. The summed E-state index contributed by atoms with van der Waals surface area (Å²) in [7, 11) is 0. The lowest BCUT2D eigenvalue weighted by molar-refractivity contribution is 0.144. The fraction of sp³-hybridized carbons (Fsp3) is 0.533. The van der Waals surface area contributed by atoms with Crippen molar-refractivity contribution in [2.45, 2.75) is 32.4 Å². The molecule has 2 unspecified atom stereocenters. The van der Waals surface area contributed by atoms with Crippen molar-refractivity contribution in [1.82, 2.24) is 4.90 Å². The Balaban J connectivity index is 2.08. The molecule has 1 heterocycles. The second-order valence-electron chi connectivity index (χ2n) is 5.25. The maximum atomic E-state index is 14.0. The molecule has 1 fully saturated rings. The predicted molar refractivity (Wildman–Crippen MR) is 72.8 cm³/mol. The Morgan fingerprint density at radius 2 is 2.32 bits per heavy atom. The summed E-state index contributed by atoms with van der Waals surface area (Å²) in [6, 6.07) is 7.16. The van der Waals surface area contributed by atoms with Gasteiger partial charge in [-0.25, -0.2) is 4.39 Å². The molecule has 1 aliphatic heterocycles. The minimum atomic E-state index is -0.382. The molecular formula is C15H20FN3. The van der Waals surface area contributed by atoms with Gasteiger partial charge in [-0.1, -0.05) is 25.5 Å². The van der Waals surface area contributed by atoms with Crippen LogP contribution in [0.2, 0.25) is 0 Å². The minimum Gasteiger partial charge on any atom is -0.327 e. The van der Waals surface area contributed by atoms with Gasteiger partial charge in [-0.15, -0.1) is 0 Å². The van der Waals surface area contributed by atoms with Gasteiger partial charge in [0.1, 0.15) is 11.9 Å². The first kappa shape index (κ1) is 14.0. The topological polar surface area (TPSA) is 53.0 Å². The van der Waals surface area contributed by atoms with Crippen LogP contribution in [0.4, 0.5) is 4.39 Å². The fourth-order valence-corrected chi connectivity index (χ4v) is 2.73. The van der Waals surface area contributed by atoms with Crippen molar-refractivity contribution in [1.29, 1.82) is 5.26 Å². The molecule has 1 saturated heterocycles. The molecule has 4 heteroatoms. The molecule has 2 rings (SSSR count). The van der Waals surface area contributed by atoms with Crippen LogP contribution in [0.1, 0.15) is 30.9 Å². The van der Waals surface area contributed by atoms with E-state index in [1.54, 1.807) is 12.1 Å². The predicted octanol–water partition coefficient (Wildman–Crippen LogP) is 2.26. The van der Waals surface area contributed by atoms with Crippen LogP contribution >= 0.6 is 0 Å². The third-order valence-electron chi connectivity index (χ3n) is 3.99. The van der Waals surface area contributed by atoms with Crippen LogP contribution in [0.3, 0.4) is 0 Å². The largest absolute Gasteiger partial charge is 0.327 e. The molecule has 2 atom stereocenters. The van der Waals surface area contributed by atoms with E-state index in [9.17, 15) is 4.39 Å². The standard InChI is InChI=1S/C15H20FN3/c1-2-11-9-19(7-6-14(11)18)10-13-5-3-4-12(8-17)15(13)16/h3-5,11,14H,2,6-7,9-10,18H2,1H3. The lowest BCUT2D eigenvalue weighted by atomic mass is 9.90. The quantitative estimate of drug-likeness (QED) is 0.908. The van der Waals surface area contributed by atoms with Crippen molar-refractivity contribution in [2.75, 3.05) is 13.1 Å². The highest BCUT2D eigenvalue weighted by atomic mass is 19.1. The highest BCUT2D eigenvalue weighted by Crippen LogP contribution is 2.21. The summed E-state index contributed by atoms with van der Waals surface area (Å²) in [6.07, 6.45) is 2.01. The van der Waals surface area contributed by atoms with Gasteiger partial charge in [-0.3, -0.25) is 4.90 Å². The Bertz CT molecular complexity index is 481. The third kappa shape index (κ3) is 3.12. The molecule has 0 amide bonds. The fourth-order valence-electron chi connectivity index (χ4n) is 2.73. The molecule has 2 N–H and O–H groups in total. The summed E-state index contributed by atoms with van der Waals surface area (Å²) >= 11 is 0. The van der Waals surface area contributed by atoms with E-state index in [1.807, 2.05) is 6.07 Å². The van der Waals surface area contributed by atoms with Crippen molar-refractivity contribution in [3.63, 3.8) is 0 Å². The van der Waals surface area contributed by atoms with E-state index < -0.39 is 0 Å². The molecule has 0 aliphatic carbocycles. The van der Waals surface area contributed by atoms with Gasteiger partial charge in [-0.05, 0) is 24.9 Å². The van der Waals surface area contributed by atoms with Crippen molar-refractivity contribution in [3.8, 4) is 6.07 Å². The van der Waals surface area contributed by atoms with Crippen LogP contribution in [-0.4, -0.2) is 24.0 Å². The summed E-state index contributed by atoms with van der Waals surface area (Å²) in [5, 5.41) is 8.84. The molecule has 1 aliphatic rings. The highest BCUT2D eigenvalue weighted by molar-refractivity contribution is 5.34. The first-order valence-electron chi connectivity index (χ1n) is 6.81. The highest BCUT2D eigenvalue weighted by Gasteiger charge is 2.25. The summed E-state index contributed by atoms with van der Waals surface area (Å²) < 4.78 is 14.0. The zero-order valence-corrected chi connectivity index (χ0v) is 11.3. The Kier molecular flexibility index (Phi) is 4.52. The number of hydrogen-bond donors (Lipinski definition) is 1. The number of hydrogen-bond acceptors (Lipinski definition) is 3. The van der Waals surface area contributed by atoms with Crippen molar-refractivity contribution in [2.24, 2.45) is 11.7 Å². The van der Waals surface area contributed by atoms with Crippen molar-refractivity contribution in [3.05, 3.63) is 35.1 Å². The van der Waals surface area contributed by atoms with E-state index in [0.717, 1.165) is 25.9 Å². The summed E-state index contributed by atoms with van der Waals surface area (Å²) in [5.41, 5.74) is 6.80. The zero-order chi connectivity index (χ0) is 13.8. The third-order valence-corrected chi connectivity index (χ3v) is 3.99. The van der Waals surface area contributed by atoms with E-state index in [2.05, 4.69) is 11.8 Å². The van der Waals surface area contributed by atoms with Crippen molar-refractivity contribution >= 4 is 0 Å². The van der Waals surface area contributed by atoms with Gasteiger partial charge >= 0.3 is 0 Å². The van der Waals surface area contributed by atoms with E-state index in [-0.39, 0.29) is 17.4 Å². The molecule has 0 aromatic heterocycles. The van der Waals surface area contributed by atoms with Gasteiger partial charge in [0, 0.05) is 24.7 Å². The molecule has 1 aromatic carbocycles. The Hall–Kier alpha value is -1.44. The number of piperidine rings is 1. The Labute approximate surface area is 113 Å². The van der Waals surface area contributed by atoms with Gasteiger partial charge in [0.25, 0.3) is 0 Å². The average Bonchev–Trinajstić information content (AvgIpc) is 2.43. The average molecular weight is 261 g/mol. The van der Waals surface area contributed by atoms with E-state index in [1.165, 1.54) is 6.07 Å². The second kappa shape index (κ2) is 6.14. The number of nitrogens with zero attached hydrogens (tertiary/aromatic N) is 2. The minimum absolute atomic E-state index is 0.123. The van der Waals surface area contributed by atoms with Gasteiger partial charge in [0.05, 0.1) is 5.56 Å². The molecule has 3 nitrogen and oxygen atoms in total. The summed E-state index contributed by atoms with van der Waals surface area (Å²) in [6.45, 7) is 4.51. The Morgan fingerprint density at radius 1 is 1.53 bits per heavy atom. The van der Waals surface area contributed by atoms with Crippen LogP contribution in [0, 0.1) is 23.1 Å². The maximum absolute atomic E-state index is 14.0. The number of nitrogens with two attached hydrogens (primary N) is 1. The molecule has 19 heavy (non-hydrogen) atoms. The van der Waals surface area contributed by atoms with Gasteiger partial charge in [0.15, 0.2) is 0 Å². The van der Waals surface area contributed by atoms with Crippen LogP contribution in [0.15, 0.2) is 18.2 Å². The van der Waals surface area contributed by atoms with Gasteiger partial charge < -0.3 is 5.73 Å². The van der Waals surface area contributed by atoms with Crippen LogP contribution < -0.4 is 5.73 Å². The Morgan fingerprint density at radius 3 is 3.00 bits per heavy atom. The van der Waals surface area contributed by atoms with Crippen molar-refractivity contribution < 1.29 is 4.39 Å². The number of nitriles is 1.